The standard InChI is InChI=1S/C15H22O5/c1-9(16)17-14-10-7-11(18-14)13-12(8-10)19-15(20-13)5-3-2-4-6-15/h10-14H,2-8H2,1H3/t10?,11-,12-,13+,14?/m1/s1. The lowest BCUT2D eigenvalue weighted by Crippen LogP contribution is -2.39. The molecule has 2 saturated carbocycles. The van der Waals surface area contributed by atoms with Gasteiger partial charge in [0.05, 0.1) is 12.2 Å². The molecule has 2 bridgehead atoms. The van der Waals surface area contributed by atoms with Crippen LogP contribution in [0.3, 0.4) is 0 Å². The van der Waals surface area contributed by atoms with Crippen LogP contribution < -0.4 is 0 Å². The molecule has 2 heterocycles. The van der Waals surface area contributed by atoms with Gasteiger partial charge in [0, 0.05) is 25.7 Å². The van der Waals surface area contributed by atoms with Crippen LogP contribution in [0.2, 0.25) is 0 Å². The summed E-state index contributed by atoms with van der Waals surface area (Å²) in [5.74, 6) is -0.371. The molecule has 5 heteroatoms. The predicted octanol–water partition coefficient (Wildman–Crippen LogP) is 2.13. The topological polar surface area (TPSA) is 54.0 Å². The Morgan fingerprint density at radius 3 is 2.60 bits per heavy atom. The Labute approximate surface area is 118 Å². The number of esters is 1. The van der Waals surface area contributed by atoms with Gasteiger partial charge in [-0.15, -0.1) is 0 Å². The lowest BCUT2D eigenvalue weighted by molar-refractivity contribution is -0.216. The van der Waals surface area contributed by atoms with Crippen molar-refractivity contribution in [2.45, 2.75) is 82.3 Å². The molecule has 5 nitrogen and oxygen atoms in total. The molecule has 4 fully saturated rings. The van der Waals surface area contributed by atoms with Gasteiger partial charge in [-0.05, 0) is 25.7 Å². The van der Waals surface area contributed by atoms with E-state index in [4.69, 9.17) is 18.9 Å². The molecule has 1 spiro atoms. The van der Waals surface area contributed by atoms with Gasteiger partial charge in [-0.1, -0.05) is 6.42 Å². The molecule has 4 rings (SSSR count). The van der Waals surface area contributed by atoms with Crippen LogP contribution in [0, 0.1) is 5.92 Å². The summed E-state index contributed by atoms with van der Waals surface area (Å²) in [6.07, 6.45) is 7.19. The summed E-state index contributed by atoms with van der Waals surface area (Å²) in [6, 6.07) is 0. The smallest absolute Gasteiger partial charge is 0.304 e. The lowest BCUT2D eigenvalue weighted by Gasteiger charge is -2.32. The van der Waals surface area contributed by atoms with Crippen LogP contribution >= 0.6 is 0 Å². The van der Waals surface area contributed by atoms with E-state index in [-0.39, 0.29) is 36.0 Å². The van der Waals surface area contributed by atoms with Gasteiger partial charge in [0.1, 0.15) is 6.10 Å². The van der Waals surface area contributed by atoms with Crippen LogP contribution in [0.15, 0.2) is 0 Å². The van der Waals surface area contributed by atoms with Crippen molar-refractivity contribution in [3.63, 3.8) is 0 Å². The van der Waals surface area contributed by atoms with Crippen LogP contribution in [-0.2, 0) is 23.7 Å². The third-order valence-electron chi connectivity index (χ3n) is 5.11. The lowest BCUT2D eigenvalue weighted by atomic mass is 9.86. The summed E-state index contributed by atoms with van der Waals surface area (Å²) >= 11 is 0. The van der Waals surface area contributed by atoms with Gasteiger partial charge in [-0.3, -0.25) is 4.79 Å². The number of hydrogen-bond donors (Lipinski definition) is 0. The Kier molecular flexibility index (Phi) is 3.05. The van der Waals surface area contributed by atoms with Crippen molar-refractivity contribution in [1.29, 1.82) is 0 Å². The van der Waals surface area contributed by atoms with Gasteiger partial charge in [0.15, 0.2) is 5.79 Å². The van der Waals surface area contributed by atoms with Crippen molar-refractivity contribution in [1.82, 2.24) is 0 Å². The average Bonchev–Trinajstić information content (AvgIpc) is 2.91. The highest BCUT2D eigenvalue weighted by atomic mass is 16.8. The molecule has 2 saturated heterocycles. The van der Waals surface area contributed by atoms with Crippen molar-refractivity contribution < 1.29 is 23.7 Å². The number of ether oxygens (including phenoxy) is 4. The quantitative estimate of drug-likeness (QED) is 0.690. The molecule has 20 heavy (non-hydrogen) atoms. The number of fused-ring (bicyclic) bond motifs is 4. The van der Waals surface area contributed by atoms with E-state index in [1.54, 1.807) is 0 Å². The van der Waals surface area contributed by atoms with Gasteiger partial charge in [0.2, 0.25) is 6.29 Å². The zero-order valence-electron chi connectivity index (χ0n) is 11.9. The van der Waals surface area contributed by atoms with Gasteiger partial charge < -0.3 is 18.9 Å². The van der Waals surface area contributed by atoms with Crippen LogP contribution in [0.1, 0.15) is 51.9 Å². The molecule has 5 atom stereocenters. The fourth-order valence-electron chi connectivity index (χ4n) is 4.27. The molecule has 112 valence electrons. The highest BCUT2D eigenvalue weighted by Crippen LogP contribution is 2.50. The second-order valence-electron chi connectivity index (χ2n) is 6.59. The molecule has 0 aromatic heterocycles. The Balaban J connectivity index is 1.47. The summed E-state index contributed by atoms with van der Waals surface area (Å²) in [7, 11) is 0. The summed E-state index contributed by atoms with van der Waals surface area (Å²) < 4.78 is 23.7. The molecule has 0 aromatic rings. The van der Waals surface area contributed by atoms with Crippen LogP contribution in [0.25, 0.3) is 0 Å². The number of rotatable bonds is 1. The number of hydrogen-bond acceptors (Lipinski definition) is 5. The second kappa shape index (κ2) is 4.68. The van der Waals surface area contributed by atoms with E-state index < -0.39 is 6.29 Å². The molecule has 2 aliphatic carbocycles. The third-order valence-corrected chi connectivity index (χ3v) is 5.11. The van der Waals surface area contributed by atoms with Gasteiger partial charge in [-0.25, -0.2) is 0 Å². The van der Waals surface area contributed by atoms with E-state index in [1.165, 1.54) is 26.2 Å². The SMILES string of the molecule is CC(=O)OC1O[C@@H]2CC1C[C@H]1OC3(CCCCC3)O[C@@H]21. The van der Waals surface area contributed by atoms with Gasteiger partial charge in [-0.2, -0.15) is 0 Å². The minimum Gasteiger partial charge on any atom is -0.436 e. The van der Waals surface area contributed by atoms with E-state index in [0.29, 0.717) is 0 Å². The summed E-state index contributed by atoms with van der Waals surface area (Å²) in [4.78, 5) is 11.1. The minimum absolute atomic E-state index is 0.0180. The third kappa shape index (κ3) is 2.07. The highest BCUT2D eigenvalue weighted by molar-refractivity contribution is 5.66. The number of carbonyl (C=O) groups is 1. The molecular weight excluding hydrogens is 260 g/mol. The Morgan fingerprint density at radius 2 is 1.85 bits per heavy atom. The predicted molar refractivity (Wildman–Crippen MR) is 68.7 cm³/mol. The summed E-state index contributed by atoms with van der Waals surface area (Å²) in [5.41, 5.74) is 0. The van der Waals surface area contributed by atoms with Crippen molar-refractivity contribution >= 4 is 5.97 Å². The molecule has 2 aliphatic heterocycles. The maximum absolute atomic E-state index is 11.1. The Hall–Kier alpha value is -0.650. The monoisotopic (exact) mass is 282 g/mol. The molecule has 2 unspecified atom stereocenters. The highest BCUT2D eigenvalue weighted by Gasteiger charge is 2.58. The van der Waals surface area contributed by atoms with E-state index >= 15 is 0 Å². The zero-order valence-corrected chi connectivity index (χ0v) is 11.9. The van der Waals surface area contributed by atoms with Crippen molar-refractivity contribution in [3.8, 4) is 0 Å². The van der Waals surface area contributed by atoms with Crippen molar-refractivity contribution in [3.05, 3.63) is 0 Å². The van der Waals surface area contributed by atoms with E-state index in [9.17, 15) is 4.79 Å². The fraction of sp³-hybridized carbons (Fsp3) is 0.933. The molecule has 0 radical (unpaired) electrons. The first kappa shape index (κ1) is 13.0. The van der Waals surface area contributed by atoms with Crippen LogP contribution in [-0.4, -0.2) is 36.4 Å². The maximum atomic E-state index is 11.1. The second-order valence-corrected chi connectivity index (χ2v) is 6.59. The molecular formula is C15H22O5. The van der Waals surface area contributed by atoms with E-state index in [1.807, 2.05) is 0 Å². The Bertz CT molecular complexity index is 403. The molecule has 0 amide bonds. The summed E-state index contributed by atoms with van der Waals surface area (Å²) in [5, 5.41) is 0. The average molecular weight is 282 g/mol. The van der Waals surface area contributed by atoms with E-state index in [0.717, 1.165) is 25.7 Å². The van der Waals surface area contributed by atoms with Crippen molar-refractivity contribution in [2.24, 2.45) is 5.92 Å². The maximum Gasteiger partial charge on any atom is 0.304 e. The van der Waals surface area contributed by atoms with Crippen molar-refractivity contribution in [2.75, 3.05) is 0 Å². The number of carbonyl (C=O) groups excluding carboxylic acids is 1. The first-order valence-corrected chi connectivity index (χ1v) is 7.84. The first-order chi connectivity index (χ1) is 9.65. The molecule has 0 aromatic carbocycles. The minimum atomic E-state index is -0.405. The normalized spacial score (nSPS) is 45.4. The Morgan fingerprint density at radius 1 is 1.10 bits per heavy atom. The fourth-order valence-corrected chi connectivity index (χ4v) is 4.27. The first-order valence-electron chi connectivity index (χ1n) is 7.84. The van der Waals surface area contributed by atoms with Crippen LogP contribution in [0.4, 0.5) is 0 Å². The molecule has 4 aliphatic rings. The van der Waals surface area contributed by atoms with Gasteiger partial charge in [0.25, 0.3) is 0 Å². The largest absolute Gasteiger partial charge is 0.436 e. The van der Waals surface area contributed by atoms with E-state index in [2.05, 4.69) is 0 Å². The molecule has 0 N–H and O–H groups in total. The van der Waals surface area contributed by atoms with Crippen LogP contribution in [0.5, 0.6) is 0 Å². The zero-order chi connectivity index (χ0) is 13.7. The van der Waals surface area contributed by atoms with Gasteiger partial charge >= 0.3 is 5.97 Å². The summed E-state index contributed by atoms with van der Waals surface area (Å²) in [6.45, 7) is 1.43.